The average molecular weight is 365 g/mol. The third-order valence-corrected chi connectivity index (χ3v) is 3.95. The van der Waals surface area contributed by atoms with Crippen LogP contribution in [0.4, 0.5) is 0 Å². The highest BCUT2D eigenvalue weighted by Gasteiger charge is 2.12. The molecule has 0 aromatic heterocycles. The second-order valence-corrected chi connectivity index (χ2v) is 9.54. The van der Waals surface area contributed by atoms with Gasteiger partial charge in [-0.1, -0.05) is 95.1 Å². The molecule has 0 spiro atoms. The van der Waals surface area contributed by atoms with Crippen molar-refractivity contribution >= 4 is 23.2 Å². The van der Waals surface area contributed by atoms with Gasteiger partial charge in [0.25, 0.3) is 0 Å². The molecule has 0 amide bonds. The van der Waals surface area contributed by atoms with Gasteiger partial charge in [-0.25, -0.2) is 0 Å². The van der Waals surface area contributed by atoms with E-state index in [0.717, 1.165) is 22.9 Å². The van der Waals surface area contributed by atoms with E-state index in [1.807, 2.05) is 30.3 Å². The Kier molecular flexibility index (Phi) is 7.83. The molecule has 0 saturated carbocycles. The van der Waals surface area contributed by atoms with E-state index in [2.05, 4.69) is 59.7 Å². The predicted octanol–water partition coefficient (Wildman–Crippen LogP) is 7.86. The normalized spacial score (nSPS) is 11.7. The topological polar surface area (TPSA) is 0 Å². The summed E-state index contributed by atoms with van der Waals surface area (Å²) in [6, 6.07) is 16.1. The van der Waals surface area contributed by atoms with E-state index >= 15 is 0 Å². The summed E-state index contributed by atoms with van der Waals surface area (Å²) in [4.78, 5) is 0. The lowest BCUT2D eigenvalue weighted by Crippen LogP contribution is -2.09. The molecule has 0 aliphatic heterocycles. The van der Waals surface area contributed by atoms with Crippen molar-refractivity contribution < 1.29 is 0 Å². The van der Waals surface area contributed by atoms with E-state index in [0.29, 0.717) is 10.8 Å². The van der Waals surface area contributed by atoms with Gasteiger partial charge in [-0.3, -0.25) is 0 Å². The maximum absolute atomic E-state index is 6.03. The molecule has 24 heavy (non-hydrogen) atoms. The molecule has 132 valence electrons. The molecule has 2 aromatic carbocycles. The summed E-state index contributed by atoms with van der Waals surface area (Å²) >= 11 is 11.8. The molecule has 0 aliphatic carbocycles. The summed E-state index contributed by atoms with van der Waals surface area (Å²) in [6.07, 6.45) is 2.14. The van der Waals surface area contributed by atoms with Crippen LogP contribution >= 0.6 is 23.2 Å². The highest BCUT2D eigenvalue weighted by molar-refractivity contribution is 6.31. The molecule has 0 nitrogen and oxygen atoms in total. The van der Waals surface area contributed by atoms with E-state index in [-0.39, 0.29) is 0 Å². The van der Waals surface area contributed by atoms with Gasteiger partial charge in [-0.15, -0.1) is 0 Å². The molecule has 2 aromatic rings. The lowest BCUT2D eigenvalue weighted by molar-refractivity contribution is 0.411. The van der Waals surface area contributed by atoms with Gasteiger partial charge in [-0.05, 0) is 53.0 Å². The highest BCUT2D eigenvalue weighted by atomic mass is 35.5. The summed E-state index contributed by atoms with van der Waals surface area (Å²) in [5.41, 5.74) is 3.26. The molecular weight excluding hydrogens is 335 g/mol. The quantitative estimate of drug-likeness (QED) is 0.508. The van der Waals surface area contributed by atoms with Crippen molar-refractivity contribution in [2.75, 3.05) is 0 Å². The molecule has 2 heteroatoms. The first-order valence-electron chi connectivity index (χ1n) is 8.44. The van der Waals surface area contributed by atoms with Gasteiger partial charge in [0.15, 0.2) is 0 Å². The summed E-state index contributed by atoms with van der Waals surface area (Å²) in [5.74, 6) is 0. The van der Waals surface area contributed by atoms with Crippen molar-refractivity contribution in [3.05, 3.63) is 69.7 Å². The Morgan fingerprint density at radius 1 is 0.667 bits per heavy atom. The van der Waals surface area contributed by atoms with Crippen LogP contribution < -0.4 is 0 Å². The SMILES string of the molecule is CC(C)(C)Cc1ccc(Cl)cc1.CC(C)(C)Cc1ccccc1Cl. The molecule has 0 fully saturated rings. The maximum atomic E-state index is 6.03. The van der Waals surface area contributed by atoms with Gasteiger partial charge >= 0.3 is 0 Å². The fraction of sp³-hybridized carbons (Fsp3) is 0.455. The fourth-order valence-electron chi connectivity index (χ4n) is 2.43. The zero-order chi connectivity index (χ0) is 18.4. The van der Waals surface area contributed by atoms with Gasteiger partial charge in [-0.2, -0.15) is 0 Å². The van der Waals surface area contributed by atoms with Gasteiger partial charge in [0.1, 0.15) is 0 Å². The van der Waals surface area contributed by atoms with E-state index in [9.17, 15) is 0 Å². The third kappa shape index (κ3) is 9.35. The number of halogens is 2. The van der Waals surface area contributed by atoms with Crippen LogP contribution in [0.15, 0.2) is 48.5 Å². The average Bonchev–Trinajstić information content (AvgIpc) is 2.42. The first-order valence-corrected chi connectivity index (χ1v) is 9.20. The zero-order valence-corrected chi connectivity index (χ0v) is 17.3. The Balaban J connectivity index is 0.000000240. The Morgan fingerprint density at radius 3 is 1.62 bits per heavy atom. The molecule has 0 atom stereocenters. The van der Waals surface area contributed by atoms with E-state index in [4.69, 9.17) is 23.2 Å². The van der Waals surface area contributed by atoms with Crippen molar-refractivity contribution in [1.29, 1.82) is 0 Å². The summed E-state index contributed by atoms with van der Waals surface area (Å²) in [7, 11) is 0. The molecule has 0 saturated heterocycles. The number of benzene rings is 2. The second kappa shape index (κ2) is 8.92. The Labute approximate surface area is 158 Å². The zero-order valence-electron chi connectivity index (χ0n) is 15.8. The van der Waals surface area contributed by atoms with Crippen LogP contribution in [0.5, 0.6) is 0 Å². The van der Waals surface area contributed by atoms with Crippen LogP contribution in [-0.2, 0) is 12.8 Å². The maximum Gasteiger partial charge on any atom is 0.0438 e. The van der Waals surface area contributed by atoms with Gasteiger partial charge in [0.2, 0.25) is 0 Å². The molecule has 0 aliphatic rings. The Morgan fingerprint density at radius 2 is 1.17 bits per heavy atom. The first kappa shape index (κ1) is 21.1. The Bertz CT molecular complexity index is 614. The smallest absolute Gasteiger partial charge is 0.0438 e. The van der Waals surface area contributed by atoms with E-state index in [1.54, 1.807) is 0 Å². The largest absolute Gasteiger partial charge is 0.0843 e. The van der Waals surface area contributed by atoms with E-state index in [1.165, 1.54) is 11.1 Å². The number of hydrogen-bond acceptors (Lipinski definition) is 0. The van der Waals surface area contributed by atoms with Crippen molar-refractivity contribution in [1.82, 2.24) is 0 Å². The minimum absolute atomic E-state index is 0.311. The fourth-order valence-corrected chi connectivity index (χ4v) is 2.76. The van der Waals surface area contributed by atoms with Gasteiger partial charge in [0.05, 0.1) is 0 Å². The van der Waals surface area contributed by atoms with Gasteiger partial charge < -0.3 is 0 Å². The second-order valence-electron chi connectivity index (χ2n) is 8.69. The predicted molar refractivity (Wildman–Crippen MR) is 109 cm³/mol. The van der Waals surface area contributed by atoms with Crippen LogP contribution in [0.25, 0.3) is 0 Å². The molecule has 0 radical (unpaired) electrons. The standard InChI is InChI=1S/2C11H15Cl/c1-11(2,3)8-9-4-6-10(12)7-5-9;1-11(2,3)8-9-6-4-5-7-10(9)12/h2*4-7H,8H2,1-3H3. The van der Waals surface area contributed by atoms with Crippen LogP contribution in [-0.4, -0.2) is 0 Å². The third-order valence-electron chi connectivity index (χ3n) is 3.33. The van der Waals surface area contributed by atoms with Crippen molar-refractivity contribution in [2.45, 2.75) is 54.4 Å². The minimum Gasteiger partial charge on any atom is -0.0843 e. The number of rotatable bonds is 2. The van der Waals surface area contributed by atoms with Crippen LogP contribution in [0.2, 0.25) is 10.0 Å². The van der Waals surface area contributed by atoms with Crippen LogP contribution in [0, 0.1) is 10.8 Å². The first-order chi connectivity index (χ1) is 11.0. The molecule has 0 unspecified atom stereocenters. The molecule has 0 N–H and O–H groups in total. The van der Waals surface area contributed by atoms with E-state index < -0.39 is 0 Å². The molecule has 2 rings (SSSR count). The lowest BCUT2D eigenvalue weighted by atomic mass is 9.88. The monoisotopic (exact) mass is 364 g/mol. The molecular formula is C22H30Cl2. The van der Waals surface area contributed by atoms with Gasteiger partial charge in [0, 0.05) is 10.0 Å². The lowest BCUT2D eigenvalue weighted by Gasteiger charge is -2.18. The molecule has 0 heterocycles. The molecule has 0 bridgehead atoms. The Hall–Kier alpha value is -0.980. The minimum atomic E-state index is 0.311. The number of hydrogen-bond donors (Lipinski definition) is 0. The summed E-state index contributed by atoms with van der Waals surface area (Å²) in [6.45, 7) is 13.4. The summed E-state index contributed by atoms with van der Waals surface area (Å²) in [5, 5.41) is 1.69. The summed E-state index contributed by atoms with van der Waals surface area (Å²) < 4.78 is 0. The van der Waals surface area contributed by atoms with Crippen molar-refractivity contribution in [3.63, 3.8) is 0 Å². The van der Waals surface area contributed by atoms with Crippen molar-refractivity contribution in [3.8, 4) is 0 Å². The van der Waals surface area contributed by atoms with Crippen LogP contribution in [0.3, 0.4) is 0 Å². The highest BCUT2D eigenvalue weighted by Crippen LogP contribution is 2.25. The van der Waals surface area contributed by atoms with Crippen molar-refractivity contribution in [2.24, 2.45) is 10.8 Å². The van der Waals surface area contributed by atoms with Crippen LogP contribution in [0.1, 0.15) is 52.7 Å².